The van der Waals surface area contributed by atoms with Crippen molar-refractivity contribution in [1.82, 2.24) is 20.4 Å². The summed E-state index contributed by atoms with van der Waals surface area (Å²) < 4.78 is 10.3. The van der Waals surface area contributed by atoms with Crippen LogP contribution in [0.15, 0.2) is 48.5 Å². The first-order chi connectivity index (χ1) is 22.5. The third-order valence-corrected chi connectivity index (χ3v) is 7.22. The summed E-state index contributed by atoms with van der Waals surface area (Å²) in [5.41, 5.74) is 9.06. The monoisotopic (exact) mass is 710 g/mol. The molecule has 0 aliphatic carbocycles. The topological polar surface area (TPSA) is 112 Å². The van der Waals surface area contributed by atoms with Crippen molar-refractivity contribution in [2.24, 2.45) is 0 Å². The number of hydrogen-bond acceptors (Lipinski definition) is 8. The number of halogens is 2. The largest absolute Gasteiger partial charge is 0.444 e. The normalized spacial score (nSPS) is 13.4. The number of alkyl halides is 2. The molecule has 2 amide bonds. The Hall–Kier alpha value is -2.92. The van der Waals surface area contributed by atoms with E-state index in [1.807, 2.05) is 72.9 Å². The standard InChI is InChI=1S/C18H29N3O2.C13H20N2O2.C5H11Cl2N/c1-18(2,3)23-17(22)19-10-9-15-5-7-16(8-6-15)21-13-11-20(4)12-14-21;1-13(2,3)17-12(16)15-9-8-10-4-6-11(14)7-5-10;1-8(4-2-6)5-3-7/h5-8H,9-14H2,1-4H3,(H,19,22);4-7H,8-9,14H2,1-3H3,(H,15,16);2-5H2,1H3. The second-order valence-corrected chi connectivity index (χ2v) is 14.5. The number of carbonyl (C=O) groups excluding carboxylic acids is 2. The van der Waals surface area contributed by atoms with Crippen molar-refractivity contribution < 1.29 is 19.1 Å². The lowest BCUT2D eigenvalue weighted by Crippen LogP contribution is -2.44. The van der Waals surface area contributed by atoms with Crippen LogP contribution in [-0.2, 0) is 22.3 Å². The lowest BCUT2D eigenvalue weighted by Gasteiger charge is -2.34. The van der Waals surface area contributed by atoms with Gasteiger partial charge < -0.3 is 40.5 Å². The number of nitrogens with two attached hydrogens (primary N) is 1. The van der Waals surface area contributed by atoms with Crippen LogP contribution >= 0.6 is 23.2 Å². The molecule has 0 atom stereocenters. The second-order valence-electron chi connectivity index (χ2n) is 13.7. The fourth-order valence-electron chi connectivity index (χ4n) is 4.27. The Labute approximate surface area is 299 Å². The van der Waals surface area contributed by atoms with E-state index in [1.165, 1.54) is 11.3 Å². The first-order valence-electron chi connectivity index (χ1n) is 16.6. The van der Waals surface area contributed by atoms with Gasteiger partial charge in [-0.05, 0) is 104 Å². The van der Waals surface area contributed by atoms with Crippen LogP contribution in [0, 0.1) is 0 Å². The molecule has 2 aromatic rings. The van der Waals surface area contributed by atoms with Crippen molar-refractivity contribution >= 4 is 46.8 Å². The number of piperazine rings is 1. The fourth-order valence-corrected chi connectivity index (χ4v) is 4.85. The van der Waals surface area contributed by atoms with Crippen LogP contribution < -0.4 is 21.3 Å². The fraction of sp³-hybridized carbons (Fsp3) is 0.611. The zero-order chi connectivity index (χ0) is 36.2. The molecule has 2 aromatic carbocycles. The summed E-state index contributed by atoms with van der Waals surface area (Å²) in [6, 6.07) is 16.2. The van der Waals surface area contributed by atoms with Crippen LogP contribution in [0.4, 0.5) is 21.0 Å². The molecular formula is C36H60Cl2N6O4. The number of ether oxygens (including phenoxy) is 2. The van der Waals surface area contributed by atoms with E-state index in [-0.39, 0.29) is 12.2 Å². The lowest BCUT2D eigenvalue weighted by molar-refractivity contribution is 0.0517. The molecule has 1 fully saturated rings. The average molecular weight is 712 g/mol. The summed E-state index contributed by atoms with van der Waals surface area (Å²) in [5, 5.41) is 5.50. The molecule has 1 aliphatic heterocycles. The SMILES string of the molecule is CC(C)(C)OC(=O)NCCc1ccc(N)cc1.CN(CCCl)CCCl.CN1CCN(c2ccc(CCNC(=O)OC(C)(C)C)cc2)CC1. The molecule has 10 nitrogen and oxygen atoms in total. The van der Waals surface area contributed by atoms with E-state index in [1.54, 1.807) is 0 Å². The summed E-state index contributed by atoms with van der Waals surface area (Å²) in [7, 11) is 4.17. The number of nitrogens with one attached hydrogen (secondary N) is 2. The van der Waals surface area contributed by atoms with Crippen molar-refractivity contribution in [2.45, 2.75) is 65.6 Å². The Bertz CT molecular complexity index is 1160. The predicted molar refractivity (Wildman–Crippen MR) is 202 cm³/mol. The predicted octanol–water partition coefficient (Wildman–Crippen LogP) is 6.24. The maximum Gasteiger partial charge on any atom is 0.407 e. The molecule has 0 radical (unpaired) electrons. The van der Waals surface area contributed by atoms with Gasteiger partial charge in [0, 0.05) is 75.5 Å². The summed E-state index contributed by atoms with van der Waals surface area (Å²) in [5.74, 6) is 1.38. The molecule has 272 valence electrons. The van der Waals surface area contributed by atoms with Gasteiger partial charge in [-0.1, -0.05) is 24.3 Å². The number of hydrogen-bond donors (Lipinski definition) is 3. The Kier molecular flexibility index (Phi) is 20.4. The van der Waals surface area contributed by atoms with E-state index in [0.29, 0.717) is 24.8 Å². The van der Waals surface area contributed by atoms with Gasteiger partial charge in [-0.15, -0.1) is 23.2 Å². The first kappa shape index (κ1) is 43.1. The van der Waals surface area contributed by atoms with Gasteiger partial charge in [0.2, 0.25) is 0 Å². The van der Waals surface area contributed by atoms with Gasteiger partial charge >= 0.3 is 12.2 Å². The number of anilines is 2. The maximum atomic E-state index is 11.6. The van der Waals surface area contributed by atoms with Gasteiger partial charge in [0.05, 0.1) is 0 Å². The molecule has 1 saturated heterocycles. The van der Waals surface area contributed by atoms with E-state index in [9.17, 15) is 9.59 Å². The third kappa shape index (κ3) is 21.9. The molecule has 3 rings (SSSR count). The second kappa shape index (κ2) is 22.7. The number of nitrogen functional groups attached to an aromatic ring is 1. The van der Waals surface area contributed by atoms with E-state index < -0.39 is 11.2 Å². The van der Waals surface area contributed by atoms with Crippen molar-refractivity contribution in [3.8, 4) is 0 Å². The maximum absolute atomic E-state index is 11.6. The highest BCUT2D eigenvalue weighted by molar-refractivity contribution is 6.18. The number of amides is 2. The van der Waals surface area contributed by atoms with Crippen molar-refractivity contribution in [1.29, 1.82) is 0 Å². The Morgan fingerprint density at radius 1 is 0.750 bits per heavy atom. The zero-order valence-electron chi connectivity index (χ0n) is 30.4. The Balaban J connectivity index is 0.000000404. The van der Waals surface area contributed by atoms with Gasteiger partial charge in [-0.25, -0.2) is 9.59 Å². The van der Waals surface area contributed by atoms with Crippen LogP contribution in [0.2, 0.25) is 0 Å². The minimum atomic E-state index is -0.453. The molecular weight excluding hydrogens is 651 g/mol. The molecule has 1 heterocycles. The molecule has 48 heavy (non-hydrogen) atoms. The molecule has 0 aromatic heterocycles. The quantitative estimate of drug-likeness (QED) is 0.186. The van der Waals surface area contributed by atoms with Crippen LogP contribution in [-0.4, -0.2) is 111 Å². The third-order valence-electron chi connectivity index (χ3n) is 6.88. The van der Waals surface area contributed by atoms with Crippen LogP contribution in [0.1, 0.15) is 52.7 Å². The van der Waals surface area contributed by atoms with Crippen molar-refractivity contribution in [2.75, 3.05) is 88.8 Å². The molecule has 12 heteroatoms. The van der Waals surface area contributed by atoms with Gasteiger partial charge in [-0.3, -0.25) is 0 Å². The van der Waals surface area contributed by atoms with E-state index in [4.69, 9.17) is 38.4 Å². The average Bonchev–Trinajstić information content (AvgIpc) is 2.98. The highest BCUT2D eigenvalue weighted by Crippen LogP contribution is 2.17. The van der Waals surface area contributed by atoms with Gasteiger partial charge in [0.1, 0.15) is 11.2 Å². The van der Waals surface area contributed by atoms with Crippen LogP contribution in [0.5, 0.6) is 0 Å². The molecule has 0 bridgehead atoms. The number of alkyl carbamates (subject to hydrolysis) is 2. The van der Waals surface area contributed by atoms with Gasteiger partial charge in [-0.2, -0.15) is 0 Å². The molecule has 1 aliphatic rings. The summed E-state index contributed by atoms with van der Waals surface area (Å²) in [4.78, 5) is 29.8. The van der Waals surface area contributed by atoms with E-state index in [0.717, 1.165) is 63.4 Å². The molecule has 0 saturated carbocycles. The smallest absolute Gasteiger partial charge is 0.407 e. The molecule has 4 N–H and O–H groups in total. The summed E-state index contributed by atoms with van der Waals surface area (Å²) in [6.45, 7) is 18.5. The van der Waals surface area contributed by atoms with Gasteiger partial charge in [0.25, 0.3) is 0 Å². The number of carbonyl (C=O) groups is 2. The first-order valence-corrected chi connectivity index (χ1v) is 17.7. The number of nitrogens with zero attached hydrogens (tertiary/aromatic N) is 3. The van der Waals surface area contributed by atoms with Crippen LogP contribution in [0.25, 0.3) is 0 Å². The van der Waals surface area contributed by atoms with Crippen molar-refractivity contribution in [3.63, 3.8) is 0 Å². The molecule has 0 unspecified atom stereocenters. The van der Waals surface area contributed by atoms with Crippen molar-refractivity contribution in [3.05, 3.63) is 59.7 Å². The van der Waals surface area contributed by atoms with E-state index >= 15 is 0 Å². The number of benzene rings is 2. The minimum Gasteiger partial charge on any atom is -0.444 e. The summed E-state index contributed by atoms with van der Waals surface area (Å²) in [6.07, 6.45) is 0.835. The van der Waals surface area contributed by atoms with Gasteiger partial charge in [0.15, 0.2) is 0 Å². The zero-order valence-corrected chi connectivity index (χ0v) is 31.9. The van der Waals surface area contributed by atoms with Crippen LogP contribution in [0.3, 0.4) is 0 Å². The number of likely N-dealkylation sites (N-methyl/N-ethyl adjacent to an activating group) is 1. The minimum absolute atomic E-state index is 0.355. The highest BCUT2D eigenvalue weighted by atomic mass is 35.5. The number of rotatable bonds is 11. The summed E-state index contributed by atoms with van der Waals surface area (Å²) >= 11 is 10.9. The Morgan fingerprint density at radius 2 is 1.15 bits per heavy atom. The lowest BCUT2D eigenvalue weighted by atomic mass is 10.1. The molecule has 0 spiro atoms. The van der Waals surface area contributed by atoms with E-state index in [2.05, 4.69) is 56.6 Å². The Morgan fingerprint density at radius 3 is 1.52 bits per heavy atom. The highest BCUT2D eigenvalue weighted by Gasteiger charge is 2.17.